The molecule has 0 saturated heterocycles. The first kappa shape index (κ1) is 17.5. The van der Waals surface area contributed by atoms with Gasteiger partial charge in [0.25, 0.3) is 0 Å². The van der Waals surface area contributed by atoms with Crippen molar-refractivity contribution in [3.63, 3.8) is 0 Å². The van der Waals surface area contributed by atoms with E-state index < -0.39 is 0 Å². The molecule has 1 N–H and O–H groups in total. The number of anilines is 1. The third kappa shape index (κ3) is 5.12. The molecule has 0 radical (unpaired) electrons. The highest BCUT2D eigenvalue weighted by atomic mass is 16.5. The van der Waals surface area contributed by atoms with E-state index in [1.807, 2.05) is 6.92 Å². The molecular formula is C19H21NO4. The number of nitrogens with one attached hydrogen (secondary N) is 1. The summed E-state index contributed by atoms with van der Waals surface area (Å²) in [5.74, 6) is 1.12. The number of benzene rings is 2. The van der Waals surface area contributed by atoms with Crippen molar-refractivity contribution in [2.75, 3.05) is 19.0 Å². The average Bonchev–Trinajstić information content (AvgIpc) is 2.61. The maximum Gasteiger partial charge on any atom is 0.224 e. The van der Waals surface area contributed by atoms with E-state index >= 15 is 0 Å². The Morgan fingerprint density at radius 3 is 2.42 bits per heavy atom. The van der Waals surface area contributed by atoms with Crippen molar-refractivity contribution in [1.29, 1.82) is 0 Å². The normalized spacial score (nSPS) is 10.1. The summed E-state index contributed by atoms with van der Waals surface area (Å²) in [6.45, 7) is 2.48. The number of amides is 1. The van der Waals surface area contributed by atoms with Crippen LogP contribution < -0.4 is 14.8 Å². The molecule has 0 unspecified atom stereocenters. The Morgan fingerprint density at radius 1 is 1.00 bits per heavy atom. The summed E-state index contributed by atoms with van der Waals surface area (Å²) < 4.78 is 10.4. The lowest BCUT2D eigenvalue weighted by Gasteiger charge is -2.07. The highest BCUT2D eigenvalue weighted by Gasteiger charge is 2.10. The molecule has 5 nitrogen and oxygen atoms in total. The van der Waals surface area contributed by atoms with E-state index in [1.165, 1.54) is 0 Å². The second kappa shape index (κ2) is 8.72. The molecule has 0 atom stereocenters. The Bertz CT molecular complexity index is 695. The van der Waals surface area contributed by atoms with Crippen molar-refractivity contribution < 1.29 is 19.1 Å². The maximum absolute atomic E-state index is 12.1. The van der Waals surface area contributed by atoms with E-state index in [9.17, 15) is 9.59 Å². The summed E-state index contributed by atoms with van der Waals surface area (Å²) in [5, 5.41) is 2.76. The average molecular weight is 327 g/mol. The lowest BCUT2D eigenvalue weighted by atomic mass is 10.1. The van der Waals surface area contributed by atoms with Crippen LogP contribution in [0.25, 0.3) is 0 Å². The van der Waals surface area contributed by atoms with Gasteiger partial charge in [0, 0.05) is 30.2 Å². The minimum Gasteiger partial charge on any atom is -0.497 e. The minimum atomic E-state index is -0.206. The van der Waals surface area contributed by atoms with E-state index in [2.05, 4.69) is 5.32 Å². The summed E-state index contributed by atoms with van der Waals surface area (Å²) in [6.07, 6.45) is 0.285. The van der Waals surface area contributed by atoms with E-state index in [0.29, 0.717) is 23.6 Å². The summed E-state index contributed by atoms with van der Waals surface area (Å²) in [4.78, 5) is 24.1. The van der Waals surface area contributed by atoms with E-state index in [4.69, 9.17) is 9.47 Å². The Morgan fingerprint density at radius 2 is 1.75 bits per heavy atom. The number of Topliss-reactive ketones (excluding diaryl/α,β-unsaturated/α-hetero) is 1. The third-order valence-corrected chi connectivity index (χ3v) is 3.42. The molecule has 24 heavy (non-hydrogen) atoms. The third-order valence-electron chi connectivity index (χ3n) is 3.42. The smallest absolute Gasteiger partial charge is 0.224 e. The minimum absolute atomic E-state index is 0.0705. The quantitative estimate of drug-likeness (QED) is 0.751. The van der Waals surface area contributed by atoms with Crippen LogP contribution in [-0.4, -0.2) is 25.4 Å². The molecule has 2 aromatic rings. The lowest BCUT2D eigenvalue weighted by Crippen LogP contribution is -2.13. The Hall–Kier alpha value is -2.82. The molecule has 0 bridgehead atoms. The van der Waals surface area contributed by atoms with Gasteiger partial charge in [-0.1, -0.05) is 6.07 Å². The van der Waals surface area contributed by atoms with Gasteiger partial charge in [-0.25, -0.2) is 0 Å². The van der Waals surface area contributed by atoms with Crippen molar-refractivity contribution in [3.05, 3.63) is 54.1 Å². The van der Waals surface area contributed by atoms with Gasteiger partial charge in [0.05, 0.1) is 13.7 Å². The number of hydrogen-bond donors (Lipinski definition) is 1. The zero-order valence-electron chi connectivity index (χ0n) is 13.9. The topological polar surface area (TPSA) is 64.6 Å². The summed E-state index contributed by atoms with van der Waals surface area (Å²) in [7, 11) is 1.57. The standard InChI is InChI=1S/C19H21NO4/c1-3-24-16-9-7-14(8-10-16)18(21)11-12-19(22)20-15-5-4-6-17(13-15)23-2/h4-10,13H,3,11-12H2,1-2H3,(H,20,22). The highest BCUT2D eigenvalue weighted by Crippen LogP contribution is 2.17. The SMILES string of the molecule is CCOc1ccc(C(=O)CCC(=O)Nc2cccc(OC)c2)cc1. The van der Waals surface area contributed by atoms with Crippen molar-refractivity contribution in [2.45, 2.75) is 19.8 Å². The van der Waals surface area contributed by atoms with Gasteiger partial charge in [0.1, 0.15) is 11.5 Å². The number of ketones is 1. The Balaban J connectivity index is 1.85. The van der Waals surface area contributed by atoms with Crippen LogP contribution in [0.1, 0.15) is 30.1 Å². The fraction of sp³-hybridized carbons (Fsp3) is 0.263. The van der Waals surface area contributed by atoms with E-state index in [-0.39, 0.29) is 24.5 Å². The van der Waals surface area contributed by atoms with Crippen LogP contribution >= 0.6 is 0 Å². The van der Waals surface area contributed by atoms with Gasteiger partial charge < -0.3 is 14.8 Å². The molecule has 0 aliphatic carbocycles. The summed E-state index contributed by atoms with van der Waals surface area (Å²) in [5.41, 5.74) is 1.22. The molecule has 5 heteroatoms. The summed E-state index contributed by atoms with van der Waals surface area (Å²) in [6, 6.07) is 14.0. The van der Waals surface area contributed by atoms with Crippen molar-refractivity contribution >= 4 is 17.4 Å². The molecule has 2 rings (SSSR count). The predicted molar refractivity (Wildman–Crippen MR) is 92.8 cm³/mol. The van der Waals surface area contributed by atoms with Crippen LogP contribution in [0.15, 0.2) is 48.5 Å². The van der Waals surface area contributed by atoms with Gasteiger partial charge in [-0.2, -0.15) is 0 Å². The molecule has 0 spiro atoms. The van der Waals surface area contributed by atoms with Crippen molar-refractivity contribution in [2.24, 2.45) is 0 Å². The lowest BCUT2D eigenvalue weighted by molar-refractivity contribution is -0.116. The number of carbonyl (C=O) groups excluding carboxylic acids is 2. The molecular weight excluding hydrogens is 306 g/mol. The second-order valence-electron chi connectivity index (χ2n) is 5.16. The fourth-order valence-corrected chi connectivity index (χ4v) is 2.20. The van der Waals surface area contributed by atoms with Gasteiger partial charge in [-0.05, 0) is 43.3 Å². The van der Waals surface area contributed by atoms with E-state index in [0.717, 1.165) is 5.75 Å². The number of carbonyl (C=O) groups is 2. The maximum atomic E-state index is 12.1. The first-order valence-corrected chi connectivity index (χ1v) is 7.82. The van der Waals surface area contributed by atoms with Crippen molar-refractivity contribution in [1.82, 2.24) is 0 Å². The van der Waals surface area contributed by atoms with Crippen LogP contribution in [0, 0.1) is 0 Å². The van der Waals surface area contributed by atoms with Crippen LogP contribution in [0.5, 0.6) is 11.5 Å². The zero-order chi connectivity index (χ0) is 17.4. The molecule has 0 aliphatic rings. The van der Waals surface area contributed by atoms with Crippen molar-refractivity contribution in [3.8, 4) is 11.5 Å². The van der Waals surface area contributed by atoms with Gasteiger partial charge >= 0.3 is 0 Å². The molecule has 0 saturated carbocycles. The largest absolute Gasteiger partial charge is 0.497 e. The van der Waals surface area contributed by atoms with E-state index in [1.54, 1.807) is 55.6 Å². The molecule has 0 aliphatic heterocycles. The Labute approximate surface area is 141 Å². The number of methoxy groups -OCH3 is 1. The van der Waals surface area contributed by atoms with Crippen LogP contribution in [-0.2, 0) is 4.79 Å². The molecule has 1 amide bonds. The first-order chi connectivity index (χ1) is 11.6. The van der Waals surface area contributed by atoms with Gasteiger partial charge in [0.2, 0.25) is 5.91 Å². The highest BCUT2D eigenvalue weighted by molar-refractivity contribution is 6.00. The van der Waals surface area contributed by atoms with Crippen LogP contribution in [0.2, 0.25) is 0 Å². The molecule has 126 valence electrons. The first-order valence-electron chi connectivity index (χ1n) is 7.82. The molecule has 0 fully saturated rings. The number of ether oxygens (including phenoxy) is 2. The predicted octanol–water partition coefficient (Wildman–Crippen LogP) is 3.70. The summed E-state index contributed by atoms with van der Waals surface area (Å²) >= 11 is 0. The fourth-order valence-electron chi connectivity index (χ4n) is 2.20. The van der Waals surface area contributed by atoms with Crippen LogP contribution in [0.4, 0.5) is 5.69 Å². The van der Waals surface area contributed by atoms with Gasteiger partial charge in [-0.3, -0.25) is 9.59 Å². The molecule has 2 aromatic carbocycles. The van der Waals surface area contributed by atoms with Gasteiger partial charge in [0.15, 0.2) is 5.78 Å². The monoisotopic (exact) mass is 327 g/mol. The van der Waals surface area contributed by atoms with Crippen LogP contribution in [0.3, 0.4) is 0 Å². The second-order valence-corrected chi connectivity index (χ2v) is 5.16. The molecule has 0 aromatic heterocycles. The van der Waals surface area contributed by atoms with Gasteiger partial charge in [-0.15, -0.1) is 0 Å². The molecule has 0 heterocycles. The number of hydrogen-bond acceptors (Lipinski definition) is 4. The Kier molecular flexibility index (Phi) is 6.37. The number of rotatable bonds is 8. The zero-order valence-corrected chi connectivity index (χ0v) is 13.9.